The lowest BCUT2D eigenvalue weighted by atomic mass is 10.0. The third-order valence-electron chi connectivity index (χ3n) is 4.07. The minimum Gasteiger partial charge on any atom is -0.490 e. The topological polar surface area (TPSA) is 58.8 Å². The molecule has 0 aliphatic rings. The van der Waals surface area contributed by atoms with Crippen LogP contribution in [0.4, 0.5) is 0 Å². The van der Waals surface area contributed by atoms with E-state index in [-0.39, 0.29) is 0 Å². The molecule has 0 aliphatic carbocycles. The van der Waals surface area contributed by atoms with Gasteiger partial charge in [0.05, 0.1) is 30.6 Å². The van der Waals surface area contributed by atoms with E-state index in [1.807, 2.05) is 48.5 Å². The Kier molecular flexibility index (Phi) is 6.32. The SMILES string of the molecule is CCC=CCCOc1cnc(-c2ccc(-c3ccc(C#N)cc3)cc2)nc1. The second kappa shape index (κ2) is 9.30. The molecule has 3 rings (SSSR count). The van der Waals surface area contributed by atoms with Gasteiger partial charge < -0.3 is 4.74 Å². The Morgan fingerprint density at radius 2 is 1.48 bits per heavy atom. The molecule has 0 unspecified atom stereocenters. The molecule has 0 N–H and O–H groups in total. The van der Waals surface area contributed by atoms with Crippen molar-refractivity contribution in [2.45, 2.75) is 19.8 Å². The Morgan fingerprint density at radius 1 is 0.889 bits per heavy atom. The maximum Gasteiger partial charge on any atom is 0.159 e. The lowest BCUT2D eigenvalue weighted by Crippen LogP contribution is -1.97. The molecule has 0 atom stereocenters. The Bertz CT molecular complexity index is 921. The van der Waals surface area contributed by atoms with E-state index >= 15 is 0 Å². The smallest absolute Gasteiger partial charge is 0.159 e. The Hall–Kier alpha value is -3.45. The molecule has 2 aromatic carbocycles. The predicted molar refractivity (Wildman–Crippen MR) is 107 cm³/mol. The zero-order valence-electron chi connectivity index (χ0n) is 15.3. The van der Waals surface area contributed by atoms with Crippen LogP contribution in [0.3, 0.4) is 0 Å². The largest absolute Gasteiger partial charge is 0.490 e. The van der Waals surface area contributed by atoms with Crippen LogP contribution in [-0.4, -0.2) is 16.6 Å². The van der Waals surface area contributed by atoms with Crippen molar-refractivity contribution in [3.05, 3.63) is 78.6 Å². The molecule has 0 saturated heterocycles. The molecule has 1 aromatic heterocycles. The first kappa shape index (κ1) is 18.3. The molecule has 3 aromatic rings. The van der Waals surface area contributed by atoms with Gasteiger partial charge in [-0.25, -0.2) is 9.97 Å². The fraction of sp³-hybridized carbons (Fsp3) is 0.174. The van der Waals surface area contributed by atoms with Gasteiger partial charge in [-0.1, -0.05) is 55.5 Å². The summed E-state index contributed by atoms with van der Waals surface area (Å²) in [7, 11) is 0. The maximum atomic E-state index is 8.89. The van der Waals surface area contributed by atoms with Gasteiger partial charge in [0, 0.05) is 5.56 Å². The first-order chi connectivity index (χ1) is 13.3. The highest BCUT2D eigenvalue weighted by Crippen LogP contribution is 2.23. The molecule has 134 valence electrons. The van der Waals surface area contributed by atoms with Crippen LogP contribution in [0.25, 0.3) is 22.5 Å². The summed E-state index contributed by atoms with van der Waals surface area (Å²) in [5.41, 5.74) is 3.77. The molecule has 0 saturated carbocycles. The molecule has 0 aliphatic heterocycles. The number of nitriles is 1. The minimum atomic E-state index is 0.624. The van der Waals surface area contributed by atoms with E-state index in [9.17, 15) is 0 Å². The third-order valence-corrected chi connectivity index (χ3v) is 4.07. The van der Waals surface area contributed by atoms with Gasteiger partial charge >= 0.3 is 0 Å². The van der Waals surface area contributed by atoms with Gasteiger partial charge in [0.25, 0.3) is 0 Å². The summed E-state index contributed by atoms with van der Waals surface area (Å²) < 4.78 is 5.64. The highest BCUT2D eigenvalue weighted by molar-refractivity contribution is 5.68. The van der Waals surface area contributed by atoms with Crippen molar-refractivity contribution < 1.29 is 4.74 Å². The molecule has 4 heteroatoms. The highest BCUT2D eigenvalue weighted by atomic mass is 16.5. The van der Waals surface area contributed by atoms with E-state index in [1.54, 1.807) is 12.4 Å². The first-order valence-corrected chi connectivity index (χ1v) is 9.01. The summed E-state index contributed by atoms with van der Waals surface area (Å²) >= 11 is 0. The van der Waals surface area contributed by atoms with Gasteiger partial charge in [0.1, 0.15) is 0 Å². The molecule has 0 fully saturated rings. The van der Waals surface area contributed by atoms with Crippen LogP contribution in [0.5, 0.6) is 5.75 Å². The van der Waals surface area contributed by atoms with Crippen LogP contribution in [0.1, 0.15) is 25.3 Å². The lowest BCUT2D eigenvalue weighted by Gasteiger charge is -2.06. The predicted octanol–water partition coefficient (Wildman–Crippen LogP) is 5.42. The van der Waals surface area contributed by atoms with E-state index in [0.717, 1.165) is 29.5 Å². The summed E-state index contributed by atoms with van der Waals surface area (Å²) in [5.74, 6) is 1.34. The minimum absolute atomic E-state index is 0.624. The highest BCUT2D eigenvalue weighted by Gasteiger charge is 2.04. The normalized spacial score (nSPS) is 10.7. The van der Waals surface area contributed by atoms with Gasteiger partial charge in [-0.3, -0.25) is 0 Å². The van der Waals surface area contributed by atoms with Crippen LogP contribution in [0.2, 0.25) is 0 Å². The van der Waals surface area contributed by atoms with E-state index in [2.05, 4.69) is 35.1 Å². The van der Waals surface area contributed by atoms with Crippen molar-refractivity contribution in [1.29, 1.82) is 5.26 Å². The fourth-order valence-electron chi connectivity index (χ4n) is 2.62. The Morgan fingerprint density at radius 3 is 2.07 bits per heavy atom. The summed E-state index contributed by atoms with van der Waals surface area (Å²) in [6.45, 7) is 2.74. The van der Waals surface area contributed by atoms with Crippen molar-refractivity contribution in [2.75, 3.05) is 6.61 Å². The maximum absolute atomic E-state index is 8.89. The van der Waals surface area contributed by atoms with Crippen molar-refractivity contribution in [3.63, 3.8) is 0 Å². The fourth-order valence-corrected chi connectivity index (χ4v) is 2.62. The average Bonchev–Trinajstić information content (AvgIpc) is 2.74. The molecule has 0 amide bonds. The summed E-state index contributed by atoms with van der Waals surface area (Å²) in [6.07, 6.45) is 9.59. The van der Waals surface area contributed by atoms with Crippen molar-refractivity contribution in [1.82, 2.24) is 9.97 Å². The van der Waals surface area contributed by atoms with Gasteiger partial charge in [0.15, 0.2) is 11.6 Å². The zero-order valence-corrected chi connectivity index (χ0v) is 15.3. The monoisotopic (exact) mass is 355 g/mol. The third kappa shape index (κ3) is 5.02. The molecule has 0 bridgehead atoms. The second-order valence-electron chi connectivity index (χ2n) is 6.03. The number of benzene rings is 2. The van der Waals surface area contributed by atoms with Crippen LogP contribution in [0, 0.1) is 11.3 Å². The van der Waals surface area contributed by atoms with E-state index < -0.39 is 0 Å². The standard InChI is InChI=1S/C23H21N3O/c1-2-3-4-5-14-27-22-16-25-23(26-17-22)21-12-10-20(11-13-21)19-8-6-18(15-24)7-9-19/h3-4,6-13,16-17H,2,5,14H2,1H3. The Balaban J connectivity index is 1.64. The van der Waals surface area contributed by atoms with Gasteiger partial charge in [-0.05, 0) is 36.1 Å². The van der Waals surface area contributed by atoms with E-state index in [0.29, 0.717) is 23.7 Å². The van der Waals surface area contributed by atoms with Crippen LogP contribution in [0.15, 0.2) is 73.1 Å². The molecule has 0 radical (unpaired) electrons. The van der Waals surface area contributed by atoms with Crippen molar-refractivity contribution in [2.24, 2.45) is 0 Å². The Labute approximate surface area is 159 Å². The average molecular weight is 355 g/mol. The number of aromatic nitrogens is 2. The molecule has 1 heterocycles. The van der Waals surface area contributed by atoms with Crippen LogP contribution >= 0.6 is 0 Å². The number of rotatable bonds is 7. The van der Waals surface area contributed by atoms with Gasteiger partial charge in [0.2, 0.25) is 0 Å². The van der Waals surface area contributed by atoms with Crippen LogP contribution in [-0.2, 0) is 0 Å². The molecule has 0 spiro atoms. The van der Waals surface area contributed by atoms with E-state index in [1.165, 1.54) is 0 Å². The first-order valence-electron chi connectivity index (χ1n) is 9.01. The van der Waals surface area contributed by atoms with Crippen molar-refractivity contribution in [3.8, 4) is 34.3 Å². The van der Waals surface area contributed by atoms with Crippen molar-refractivity contribution >= 4 is 0 Å². The number of ether oxygens (including phenoxy) is 1. The quantitative estimate of drug-likeness (QED) is 0.419. The number of hydrogen-bond acceptors (Lipinski definition) is 4. The second-order valence-corrected chi connectivity index (χ2v) is 6.03. The summed E-state index contributed by atoms with van der Waals surface area (Å²) in [6, 6.07) is 17.7. The number of hydrogen-bond donors (Lipinski definition) is 0. The van der Waals surface area contributed by atoms with Crippen LogP contribution < -0.4 is 4.74 Å². The molecular formula is C23H21N3O. The van der Waals surface area contributed by atoms with Gasteiger partial charge in [-0.15, -0.1) is 0 Å². The summed E-state index contributed by atoms with van der Waals surface area (Å²) in [5, 5.41) is 8.89. The number of nitrogens with zero attached hydrogens (tertiary/aromatic N) is 3. The van der Waals surface area contributed by atoms with E-state index in [4.69, 9.17) is 10.00 Å². The molecule has 27 heavy (non-hydrogen) atoms. The zero-order chi connectivity index (χ0) is 18.9. The number of allylic oxidation sites excluding steroid dienone is 1. The molecule has 4 nitrogen and oxygen atoms in total. The van der Waals surface area contributed by atoms with Gasteiger partial charge in [-0.2, -0.15) is 5.26 Å². The molecular weight excluding hydrogens is 334 g/mol. The lowest BCUT2D eigenvalue weighted by molar-refractivity contribution is 0.322. The summed E-state index contributed by atoms with van der Waals surface area (Å²) in [4.78, 5) is 8.80.